The normalized spacial score (nSPS) is 11.9. The minimum Gasteiger partial charge on any atom is -0.461 e. The lowest BCUT2D eigenvalue weighted by atomic mass is 10.3. The molecule has 9 heteroatoms. The number of hydrogen-bond acceptors (Lipinski definition) is 6. The van der Waals surface area contributed by atoms with Crippen LogP contribution in [0.5, 0.6) is 0 Å². The number of amides is 3. The number of imide groups is 1. The molecular weight excluding hydrogens is 318 g/mol. The van der Waals surface area contributed by atoms with Gasteiger partial charge in [0.05, 0.1) is 11.5 Å². The van der Waals surface area contributed by atoms with Crippen molar-refractivity contribution in [3.05, 3.63) is 30.5 Å². The van der Waals surface area contributed by atoms with Crippen LogP contribution in [0.25, 0.3) is 11.6 Å². The van der Waals surface area contributed by atoms with Gasteiger partial charge in [0.2, 0.25) is 11.7 Å². The summed E-state index contributed by atoms with van der Waals surface area (Å²) in [6.07, 6.45) is 3.27. The fourth-order valence-electron chi connectivity index (χ4n) is 1.87. The van der Waals surface area contributed by atoms with Crippen LogP contribution >= 0.6 is 11.8 Å². The Balaban J connectivity index is 2.28. The minimum absolute atomic E-state index is 0.453. The predicted octanol–water partition coefficient (Wildman–Crippen LogP) is 1.71. The molecule has 0 aliphatic carbocycles. The van der Waals surface area contributed by atoms with Crippen molar-refractivity contribution in [2.24, 2.45) is 5.73 Å². The maximum atomic E-state index is 11.8. The molecule has 0 radical (unpaired) electrons. The van der Waals surface area contributed by atoms with E-state index in [1.807, 2.05) is 18.3 Å². The number of thioether (sulfide) groups is 1. The zero-order valence-electron chi connectivity index (χ0n) is 12.8. The number of urea groups is 1. The molecule has 2 aromatic heterocycles. The van der Waals surface area contributed by atoms with E-state index in [1.54, 1.807) is 23.8 Å². The fraction of sp³-hybridized carbons (Fsp3) is 0.286. The molecular formula is C14H17N5O3S. The molecule has 122 valence electrons. The van der Waals surface area contributed by atoms with Gasteiger partial charge in [-0.1, -0.05) is 17.8 Å². The van der Waals surface area contributed by atoms with Gasteiger partial charge in [0.1, 0.15) is 0 Å². The zero-order chi connectivity index (χ0) is 17.0. The van der Waals surface area contributed by atoms with Crippen LogP contribution < -0.4 is 11.1 Å². The van der Waals surface area contributed by atoms with Crippen molar-refractivity contribution in [2.45, 2.75) is 30.8 Å². The van der Waals surface area contributed by atoms with Gasteiger partial charge in [0, 0.05) is 6.54 Å². The molecule has 0 fully saturated rings. The number of nitrogens with two attached hydrogens (primary N) is 1. The van der Waals surface area contributed by atoms with Crippen LogP contribution in [0.2, 0.25) is 0 Å². The van der Waals surface area contributed by atoms with Crippen LogP contribution in [0.4, 0.5) is 4.79 Å². The second kappa shape index (κ2) is 7.14. The predicted molar refractivity (Wildman–Crippen MR) is 85.7 cm³/mol. The number of rotatable bonds is 6. The van der Waals surface area contributed by atoms with E-state index in [0.717, 1.165) is 17.3 Å². The van der Waals surface area contributed by atoms with E-state index in [2.05, 4.69) is 16.8 Å². The maximum Gasteiger partial charge on any atom is 0.318 e. The summed E-state index contributed by atoms with van der Waals surface area (Å²) in [5.74, 6) is 0.671. The van der Waals surface area contributed by atoms with E-state index in [0.29, 0.717) is 23.3 Å². The van der Waals surface area contributed by atoms with Crippen LogP contribution in [0.3, 0.4) is 0 Å². The summed E-state index contributed by atoms with van der Waals surface area (Å²) in [6.45, 7) is 7.72. The Hall–Kier alpha value is -2.55. The number of carbonyl (C=O) groups is 2. The van der Waals surface area contributed by atoms with E-state index < -0.39 is 17.2 Å². The highest BCUT2D eigenvalue weighted by molar-refractivity contribution is 8.00. The van der Waals surface area contributed by atoms with Gasteiger partial charge in [-0.15, -0.1) is 16.8 Å². The van der Waals surface area contributed by atoms with Crippen molar-refractivity contribution in [2.75, 3.05) is 0 Å². The standard InChI is InChI=1S/C14H17N5O3S/c1-4-6-19-11(10-8(2)5-7-22-10)17-18-14(19)23-9(3)12(20)16-13(15)21/h4-5,7,9H,1,6H2,2-3H3,(H3,15,16,20,21)/t9-/m0/s1. The van der Waals surface area contributed by atoms with Gasteiger partial charge >= 0.3 is 6.03 Å². The lowest BCUT2D eigenvalue weighted by Gasteiger charge is -2.11. The molecule has 0 aliphatic heterocycles. The highest BCUT2D eigenvalue weighted by Crippen LogP contribution is 2.28. The van der Waals surface area contributed by atoms with Gasteiger partial charge in [0.25, 0.3) is 0 Å². The summed E-state index contributed by atoms with van der Waals surface area (Å²) in [7, 11) is 0. The number of carbonyl (C=O) groups excluding carboxylic acids is 2. The number of hydrogen-bond donors (Lipinski definition) is 2. The summed E-state index contributed by atoms with van der Waals surface area (Å²) in [6, 6.07) is 0.944. The van der Waals surface area contributed by atoms with E-state index >= 15 is 0 Å². The number of nitrogens with zero attached hydrogens (tertiary/aromatic N) is 3. The van der Waals surface area contributed by atoms with Crippen LogP contribution in [0, 0.1) is 6.92 Å². The summed E-state index contributed by atoms with van der Waals surface area (Å²) in [5.41, 5.74) is 5.88. The van der Waals surface area contributed by atoms with E-state index in [4.69, 9.17) is 10.2 Å². The Kier molecular flexibility index (Phi) is 5.22. The third-order valence-corrected chi connectivity index (χ3v) is 4.07. The van der Waals surface area contributed by atoms with Crippen LogP contribution in [-0.4, -0.2) is 32.0 Å². The number of primary amides is 1. The van der Waals surface area contributed by atoms with Crippen molar-refractivity contribution in [3.8, 4) is 11.6 Å². The Morgan fingerprint density at radius 1 is 1.57 bits per heavy atom. The second-order valence-corrected chi connectivity index (χ2v) is 6.06. The first-order chi connectivity index (χ1) is 10.9. The smallest absolute Gasteiger partial charge is 0.318 e. The lowest BCUT2D eigenvalue weighted by molar-refractivity contribution is -0.119. The van der Waals surface area contributed by atoms with Crippen molar-refractivity contribution in [1.82, 2.24) is 20.1 Å². The monoisotopic (exact) mass is 335 g/mol. The molecule has 0 spiro atoms. The molecule has 2 rings (SSSR count). The number of aromatic nitrogens is 3. The van der Waals surface area contributed by atoms with Crippen molar-refractivity contribution in [3.63, 3.8) is 0 Å². The average Bonchev–Trinajstić information content (AvgIpc) is 3.05. The van der Waals surface area contributed by atoms with Gasteiger partial charge in [-0.25, -0.2) is 4.79 Å². The number of allylic oxidation sites excluding steroid dienone is 1. The van der Waals surface area contributed by atoms with Gasteiger partial charge in [-0.3, -0.25) is 14.7 Å². The van der Waals surface area contributed by atoms with Gasteiger partial charge in [-0.05, 0) is 25.5 Å². The van der Waals surface area contributed by atoms with Gasteiger partial charge in [0.15, 0.2) is 10.9 Å². The van der Waals surface area contributed by atoms with Gasteiger partial charge < -0.3 is 10.2 Å². The number of furan rings is 1. The molecule has 0 saturated carbocycles. The summed E-state index contributed by atoms with van der Waals surface area (Å²) in [5, 5.41) is 10.2. The zero-order valence-corrected chi connectivity index (χ0v) is 13.6. The van der Waals surface area contributed by atoms with E-state index in [-0.39, 0.29) is 0 Å². The molecule has 23 heavy (non-hydrogen) atoms. The molecule has 0 aliphatic rings. The summed E-state index contributed by atoms with van der Waals surface area (Å²) in [4.78, 5) is 22.5. The first-order valence-corrected chi connectivity index (χ1v) is 7.67. The molecule has 0 saturated heterocycles. The SMILES string of the molecule is C=CCn1c(S[C@@H](C)C(=O)NC(N)=O)nnc1-c1occc1C. The Morgan fingerprint density at radius 3 is 2.87 bits per heavy atom. The highest BCUT2D eigenvalue weighted by Gasteiger charge is 2.22. The minimum atomic E-state index is -0.887. The third kappa shape index (κ3) is 3.81. The maximum absolute atomic E-state index is 11.8. The Labute approximate surface area is 137 Å². The Bertz CT molecular complexity index is 737. The average molecular weight is 335 g/mol. The molecule has 2 heterocycles. The topological polar surface area (TPSA) is 116 Å². The Morgan fingerprint density at radius 2 is 2.30 bits per heavy atom. The molecule has 0 aromatic carbocycles. The first kappa shape index (κ1) is 16.8. The second-order valence-electron chi connectivity index (χ2n) is 4.75. The molecule has 2 aromatic rings. The highest BCUT2D eigenvalue weighted by atomic mass is 32.2. The number of aryl methyl sites for hydroxylation is 1. The molecule has 0 unspecified atom stereocenters. The molecule has 3 amide bonds. The van der Waals surface area contributed by atoms with Crippen LogP contribution in [0.15, 0.2) is 34.6 Å². The summed E-state index contributed by atoms with van der Waals surface area (Å²) < 4.78 is 7.24. The number of nitrogens with one attached hydrogen (secondary N) is 1. The van der Waals surface area contributed by atoms with Crippen molar-refractivity contribution < 1.29 is 14.0 Å². The third-order valence-electron chi connectivity index (χ3n) is 2.99. The molecule has 1 atom stereocenters. The fourth-order valence-corrected chi connectivity index (χ4v) is 2.73. The quantitative estimate of drug-likeness (QED) is 0.613. The van der Waals surface area contributed by atoms with Crippen LogP contribution in [0.1, 0.15) is 12.5 Å². The van der Waals surface area contributed by atoms with E-state index in [1.165, 1.54) is 0 Å². The largest absolute Gasteiger partial charge is 0.461 e. The van der Waals surface area contributed by atoms with E-state index in [9.17, 15) is 9.59 Å². The first-order valence-electron chi connectivity index (χ1n) is 6.79. The summed E-state index contributed by atoms with van der Waals surface area (Å²) >= 11 is 1.16. The molecule has 3 N–H and O–H groups in total. The van der Waals surface area contributed by atoms with Crippen molar-refractivity contribution in [1.29, 1.82) is 0 Å². The molecule has 0 bridgehead atoms. The molecule has 8 nitrogen and oxygen atoms in total. The van der Waals surface area contributed by atoms with Crippen molar-refractivity contribution >= 4 is 23.7 Å². The lowest BCUT2D eigenvalue weighted by Crippen LogP contribution is -2.39. The van der Waals surface area contributed by atoms with Gasteiger partial charge in [-0.2, -0.15) is 0 Å². The van der Waals surface area contributed by atoms with Crippen LogP contribution in [-0.2, 0) is 11.3 Å².